The first-order valence-corrected chi connectivity index (χ1v) is 6.94. The minimum absolute atomic E-state index is 0.839. The fourth-order valence-corrected chi connectivity index (χ4v) is 2.49. The Hall–Kier alpha value is -2.49. The van der Waals surface area contributed by atoms with E-state index in [-0.39, 0.29) is 0 Å². The number of hydrogen-bond donors (Lipinski definition) is 1. The molecule has 0 fully saturated rings. The van der Waals surface area contributed by atoms with Crippen molar-refractivity contribution in [2.75, 3.05) is 19.6 Å². The molecule has 1 aliphatic carbocycles. The summed E-state index contributed by atoms with van der Waals surface area (Å²) in [5.74, 6) is 1.74. The van der Waals surface area contributed by atoms with E-state index in [2.05, 4.69) is 22.7 Å². The molecule has 1 N–H and O–H groups in total. The Morgan fingerprint density at radius 3 is 2.33 bits per heavy atom. The monoisotopic (exact) mass is 282 g/mol. The molecule has 0 spiro atoms. The van der Waals surface area contributed by atoms with Crippen molar-refractivity contribution in [2.45, 2.75) is 12.8 Å². The van der Waals surface area contributed by atoms with Gasteiger partial charge in [0, 0.05) is 5.56 Å². The van der Waals surface area contributed by atoms with Crippen LogP contribution in [0.1, 0.15) is 17.5 Å². The molecule has 0 radical (unpaired) electrons. The first kappa shape index (κ1) is 13.5. The highest BCUT2D eigenvalue weighted by molar-refractivity contribution is 6.05. The maximum absolute atomic E-state index is 5.26. The van der Waals surface area contributed by atoms with Gasteiger partial charge in [0.1, 0.15) is 11.5 Å². The Balaban J connectivity index is 1.76. The predicted molar refractivity (Wildman–Crippen MR) is 84.5 cm³/mol. The lowest BCUT2D eigenvalue weighted by molar-refractivity contribution is 0.414. The number of ether oxygens (including phenoxy) is 2. The normalized spacial score (nSPS) is 14.9. The number of benzene rings is 2. The van der Waals surface area contributed by atoms with Crippen LogP contribution < -0.4 is 14.9 Å². The molecule has 0 saturated heterocycles. The third-order valence-corrected chi connectivity index (χ3v) is 3.66. The molecule has 0 atom stereocenters. The zero-order valence-electron chi connectivity index (χ0n) is 12.2. The first-order chi connectivity index (χ1) is 10.3. The second kappa shape index (κ2) is 5.87. The number of methoxy groups -OCH3 is 2. The number of aryl methyl sites for hydroxylation is 1. The Morgan fingerprint density at radius 2 is 1.62 bits per heavy atom. The topological polar surface area (TPSA) is 42.8 Å². The van der Waals surface area contributed by atoms with Crippen molar-refractivity contribution in [2.24, 2.45) is 5.10 Å². The molecule has 0 unspecified atom stereocenters. The van der Waals surface area contributed by atoms with Crippen LogP contribution in [-0.4, -0.2) is 19.9 Å². The predicted octanol–water partition coefficient (Wildman–Crippen LogP) is 3.47. The van der Waals surface area contributed by atoms with Crippen molar-refractivity contribution in [3.05, 3.63) is 53.6 Å². The van der Waals surface area contributed by atoms with Gasteiger partial charge in [-0.1, -0.05) is 0 Å². The molecule has 0 aromatic heterocycles. The molecule has 0 amide bonds. The Morgan fingerprint density at radius 1 is 0.905 bits per heavy atom. The van der Waals surface area contributed by atoms with Crippen LogP contribution >= 0.6 is 0 Å². The number of hydrazone groups is 1. The second-order valence-corrected chi connectivity index (χ2v) is 4.92. The average molecular weight is 282 g/mol. The zero-order valence-corrected chi connectivity index (χ0v) is 12.2. The van der Waals surface area contributed by atoms with Gasteiger partial charge in [-0.3, -0.25) is 5.43 Å². The smallest absolute Gasteiger partial charge is 0.119 e. The van der Waals surface area contributed by atoms with Crippen LogP contribution in [0.5, 0.6) is 11.5 Å². The summed E-state index contributed by atoms with van der Waals surface area (Å²) in [7, 11) is 3.35. The summed E-state index contributed by atoms with van der Waals surface area (Å²) in [6.45, 7) is 0. The molecule has 2 aromatic carbocycles. The number of hydrogen-bond acceptors (Lipinski definition) is 4. The highest BCUT2D eigenvalue weighted by Crippen LogP contribution is 2.27. The molecule has 4 heteroatoms. The van der Waals surface area contributed by atoms with Gasteiger partial charge in [-0.05, 0) is 60.9 Å². The fourth-order valence-electron chi connectivity index (χ4n) is 2.49. The van der Waals surface area contributed by atoms with Gasteiger partial charge in [-0.2, -0.15) is 5.10 Å². The lowest BCUT2D eigenvalue weighted by Gasteiger charge is -2.05. The fraction of sp³-hybridized carbons (Fsp3) is 0.235. The van der Waals surface area contributed by atoms with E-state index in [1.165, 1.54) is 11.1 Å². The van der Waals surface area contributed by atoms with E-state index in [1.807, 2.05) is 30.3 Å². The third-order valence-electron chi connectivity index (χ3n) is 3.66. The van der Waals surface area contributed by atoms with Crippen molar-refractivity contribution in [3.63, 3.8) is 0 Å². The van der Waals surface area contributed by atoms with Gasteiger partial charge in [0.15, 0.2) is 0 Å². The molecule has 4 nitrogen and oxygen atoms in total. The number of nitrogens with zero attached hydrogens (tertiary/aromatic N) is 1. The summed E-state index contributed by atoms with van der Waals surface area (Å²) >= 11 is 0. The SMILES string of the molecule is COc1ccc(N/N=C2\CCc3cc(OC)ccc32)cc1. The number of nitrogens with one attached hydrogen (secondary N) is 1. The van der Waals surface area contributed by atoms with Crippen molar-refractivity contribution in [1.29, 1.82) is 0 Å². The highest BCUT2D eigenvalue weighted by atomic mass is 16.5. The van der Waals surface area contributed by atoms with E-state index < -0.39 is 0 Å². The summed E-state index contributed by atoms with van der Waals surface area (Å²) in [4.78, 5) is 0. The molecule has 0 heterocycles. The summed E-state index contributed by atoms with van der Waals surface area (Å²) in [5, 5.41) is 4.53. The van der Waals surface area contributed by atoms with Crippen molar-refractivity contribution >= 4 is 11.4 Å². The van der Waals surface area contributed by atoms with E-state index in [9.17, 15) is 0 Å². The van der Waals surface area contributed by atoms with Crippen LogP contribution in [0.2, 0.25) is 0 Å². The van der Waals surface area contributed by atoms with Gasteiger partial charge in [0.2, 0.25) is 0 Å². The summed E-state index contributed by atoms with van der Waals surface area (Å²) < 4.78 is 10.4. The molecule has 1 aliphatic rings. The van der Waals surface area contributed by atoms with Gasteiger partial charge in [0.05, 0.1) is 25.6 Å². The van der Waals surface area contributed by atoms with Crippen molar-refractivity contribution in [1.82, 2.24) is 0 Å². The first-order valence-electron chi connectivity index (χ1n) is 6.94. The maximum Gasteiger partial charge on any atom is 0.119 e. The number of rotatable bonds is 4. The van der Waals surface area contributed by atoms with Crippen LogP contribution in [0.3, 0.4) is 0 Å². The van der Waals surface area contributed by atoms with Gasteiger partial charge >= 0.3 is 0 Å². The molecular formula is C17H18N2O2. The van der Waals surface area contributed by atoms with Gasteiger partial charge in [-0.25, -0.2) is 0 Å². The van der Waals surface area contributed by atoms with Crippen LogP contribution in [0.15, 0.2) is 47.6 Å². The number of fused-ring (bicyclic) bond motifs is 1. The van der Waals surface area contributed by atoms with Crippen LogP contribution in [-0.2, 0) is 6.42 Å². The Kier molecular flexibility index (Phi) is 3.77. The minimum Gasteiger partial charge on any atom is -0.497 e. The summed E-state index contributed by atoms with van der Waals surface area (Å²) in [5.41, 5.74) is 7.65. The lowest BCUT2D eigenvalue weighted by atomic mass is 10.1. The Labute approximate surface area is 124 Å². The molecule has 21 heavy (non-hydrogen) atoms. The van der Waals surface area contributed by atoms with Crippen molar-refractivity contribution in [3.8, 4) is 11.5 Å². The van der Waals surface area contributed by atoms with Gasteiger partial charge in [0.25, 0.3) is 0 Å². The van der Waals surface area contributed by atoms with E-state index in [0.29, 0.717) is 0 Å². The van der Waals surface area contributed by atoms with E-state index in [1.54, 1.807) is 14.2 Å². The van der Waals surface area contributed by atoms with E-state index in [0.717, 1.165) is 35.7 Å². The maximum atomic E-state index is 5.26. The summed E-state index contributed by atoms with van der Waals surface area (Å²) in [6, 6.07) is 13.9. The largest absolute Gasteiger partial charge is 0.497 e. The second-order valence-electron chi connectivity index (χ2n) is 4.92. The third kappa shape index (κ3) is 2.84. The molecule has 0 bridgehead atoms. The molecule has 0 saturated carbocycles. The average Bonchev–Trinajstić information content (AvgIpc) is 2.95. The summed E-state index contributed by atoms with van der Waals surface area (Å²) in [6.07, 6.45) is 1.96. The molecular weight excluding hydrogens is 264 g/mol. The van der Waals surface area contributed by atoms with Crippen LogP contribution in [0.25, 0.3) is 0 Å². The highest BCUT2D eigenvalue weighted by Gasteiger charge is 2.18. The van der Waals surface area contributed by atoms with E-state index in [4.69, 9.17) is 9.47 Å². The molecule has 0 aliphatic heterocycles. The van der Waals surface area contributed by atoms with Crippen molar-refractivity contribution < 1.29 is 9.47 Å². The standard InChI is InChI=1S/C17H18N2O2/c1-20-14-6-4-13(5-7-14)18-19-17-10-3-12-11-15(21-2)8-9-16(12)17/h4-9,11,18H,3,10H2,1-2H3/b19-17+. The Bertz CT molecular complexity index is 663. The molecule has 108 valence electrons. The van der Waals surface area contributed by atoms with Crippen LogP contribution in [0, 0.1) is 0 Å². The molecule has 3 rings (SSSR count). The van der Waals surface area contributed by atoms with Gasteiger partial charge in [-0.15, -0.1) is 0 Å². The quantitative estimate of drug-likeness (QED) is 0.873. The van der Waals surface area contributed by atoms with Gasteiger partial charge < -0.3 is 9.47 Å². The molecule has 2 aromatic rings. The number of anilines is 1. The zero-order chi connectivity index (χ0) is 14.7. The van der Waals surface area contributed by atoms with E-state index >= 15 is 0 Å². The van der Waals surface area contributed by atoms with Crippen LogP contribution in [0.4, 0.5) is 5.69 Å². The minimum atomic E-state index is 0.839. The lowest BCUT2D eigenvalue weighted by Crippen LogP contribution is -2.00.